The number of benzene rings is 2. The largest absolute Gasteiger partial charge is 0.417 e. The van der Waals surface area contributed by atoms with E-state index >= 15 is 0 Å². The lowest BCUT2D eigenvalue weighted by atomic mass is 10.1. The van der Waals surface area contributed by atoms with E-state index in [-0.39, 0.29) is 27.4 Å². The lowest BCUT2D eigenvalue weighted by Gasteiger charge is -2.13. The number of primary sulfonamides is 1. The van der Waals surface area contributed by atoms with Crippen molar-refractivity contribution in [2.45, 2.75) is 17.5 Å². The number of aromatic nitrogens is 2. The molecule has 166 valence electrons. The fourth-order valence-corrected chi connectivity index (χ4v) is 3.88. The van der Waals surface area contributed by atoms with Crippen molar-refractivity contribution in [1.82, 2.24) is 9.78 Å². The summed E-state index contributed by atoms with van der Waals surface area (Å²) in [4.78, 5) is 12.0. The van der Waals surface area contributed by atoms with E-state index < -0.39 is 39.1 Å². The van der Waals surface area contributed by atoms with Crippen LogP contribution in [-0.4, -0.2) is 24.1 Å². The Morgan fingerprint density at radius 2 is 2.00 bits per heavy atom. The molecule has 0 spiro atoms. The van der Waals surface area contributed by atoms with E-state index in [0.717, 1.165) is 22.9 Å². The number of carbonyl (C=O) groups is 1. The number of halogens is 4. The summed E-state index contributed by atoms with van der Waals surface area (Å²) in [6, 6.07) is 8.79. The van der Waals surface area contributed by atoms with E-state index in [1.807, 2.05) is 6.07 Å². The van der Waals surface area contributed by atoms with E-state index in [1.165, 1.54) is 30.6 Å². The van der Waals surface area contributed by atoms with Gasteiger partial charge in [0.05, 0.1) is 34.5 Å². The van der Waals surface area contributed by atoms with Crippen molar-refractivity contribution < 1.29 is 26.4 Å². The van der Waals surface area contributed by atoms with Gasteiger partial charge < -0.3 is 5.32 Å². The predicted molar refractivity (Wildman–Crippen MR) is 108 cm³/mol. The molecular formula is C19H13ClF3N5O3S. The molecule has 0 aliphatic carbocycles. The average Bonchev–Trinajstić information content (AvgIpc) is 3.17. The molecular weight excluding hydrogens is 471 g/mol. The van der Waals surface area contributed by atoms with Crippen LogP contribution in [0.4, 0.5) is 18.9 Å². The van der Waals surface area contributed by atoms with Gasteiger partial charge in [0.15, 0.2) is 0 Å². The highest BCUT2D eigenvalue weighted by molar-refractivity contribution is 7.89. The average molecular weight is 484 g/mol. The number of nitrogens with two attached hydrogens (primary N) is 1. The number of nitrogens with zero attached hydrogens (tertiary/aromatic N) is 3. The highest BCUT2D eigenvalue weighted by Crippen LogP contribution is 2.36. The molecule has 1 aromatic heterocycles. The summed E-state index contributed by atoms with van der Waals surface area (Å²) >= 11 is 5.80. The first-order valence-electron chi connectivity index (χ1n) is 8.66. The number of alkyl halides is 3. The van der Waals surface area contributed by atoms with Crippen molar-refractivity contribution >= 4 is 33.2 Å². The molecule has 3 N–H and O–H groups in total. The molecule has 3 aromatic rings. The highest BCUT2D eigenvalue weighted by Gasteiger charge is 2.34. The van der Waals surface area contributed by atoms with Gasteiger partial charge in [-0.3, -0.25) is 4.79 Å². The summed E-state index contributed by atoms with van der Waals surface area (Å²) in [7, 11) is -4.27. The number of nitrogens with one attached hydrogen (secondary N) is 1. The van der Waals surface area contributed by atoms with Crippen molar-refractivity contribution in [2.75, 3.05) is 5.32 Å². The maximum absolute atomic E-state index is 13.0. The number of amides is 1. The normalized spacial score (nSPS) is 11.8. The summed E-state index contributed by atoms with van der Waals surface area (Å²) in [6.07, 6.45) is -2.65. The maximum atomic E-state index is 13.0. The van der Waals surface area contributed by atoms with Crippen LogP contribution < -0.4 is 10.5 Å². The number of hydrogen-bond acceptors (Lipinski definition) is 5. The van der Waals surface area contributed by atoms with Gasteiger partial charge in [0.1, 0.15) is 11.0 Å². The zero-order valence-corrected chi connectivity index (χ0v) is 17.5. The number of sulfonamides is 1. The molecule has 1 heterocycles. The molecule has 0 bridgehead atoms. The molecule has 32 heavy (non-hydrogen) atoms. The van der Waals surface area contributed by atoms with Crippen molar-refractivity contribution in [3.05, 3.63) is 70.5 Å². The van der Waals surface area contributed by atoms with Crippen LogP contribution in [0.3, 0.4) is 0 Å². The van der Waals surface area contributed by atoms with Gasteiger partial charge in [-0.25, -0.2) is 18.2 Å². The van der Waals surface area contributed by atoms with Gasteiger partial charge in [-0.2, -0.15) is 23.5 Å². The Kier molecular flexibility index (Phi) is 6.27. The zero-order chi connectivity index (χ0) is 23.7. The summed E-state index contributed by atoms with van der Waals surface area (Å²) in [6.45, 7) is 0. The Morgan fingerprint density at radius 3 is 2.59 bits per heavy atom. The second kappa shape index (κ2) is 8.62. The van der Waals surface area contributed by atoms with Crippen LogP contribution in [0, 0.1) is 11.3 Å². The molecule has 0 fully saturated rings. The third-order valence-corrected chi connectivity index (χ3v) is 5.63. The molecule has 0 unspecified atom stereocenters. The SMILES string of the molecule is N#Cc1cnn(-c2ccc(NC(=O)Cc3cccc(C(F)(F)F)c3Cl)cc2S(N)(=O)=O)c1. The maximum Gasteiger partial charge on any atom is 0.417 e. The number of anilines is 1. The minimum atomic E-state index is -4.68. The fraction of sp³-hybridized carbons (Fsp3) is 0.105. The number of carbonyl (C=O) groups excluding carboxylic acids is 1. The highest BCUT2D eigenvalue weighted by atomic mass is 35.5. The lowest BCUT2D eigenvalue weighted by molar-refractivity contribution is -0.137. The quantitative estimate of drug-likeness (QED) is 0.575. The van der Waals surface area contributed by atoms with Crippen molar-refractivity contribution in [1.29, 1.82) is 5.26 Å². The number of hydrogen-bond donors (Lipinski definition) is 2. The van der Waals surface area contributed by atoms with Gasteiger partial charge in [-0.1, -0.05) is 23.7 Å². The molecule has 0 aliphatic heterocycles. The Balaban J connectivity index is 1.89. The van der Waals surface area contributed by atoms with Crippen molar-refractivity contribution in [3.8, 4) is 11.8 Å². The molecule has 1 amide bonds. The smallest absolute Gasteiger partial charge is 0.326 e. The van der Waals surface area contributed by atoms with Crippen LogP contribution in [-0.2, 0) is 27.4 Å². The first kappa shape index (κ1) is 23.3. The second-order valence-corrected chi connectivity index (χ2v) is 8.42. The van der Waals surface area contributed by atoms with Crippen LogP contribution in [0.25, 0.3) is 5.69 Å². The number of nitriles is 1. The zero-order valence-electron chi connectivity index (χ0n) is 15.9. The van der Waals surface area contributed by atoms with Crippen LogP contribution in [0.5, 0.6) is 0 Å². The van der Waals surface area contributed by atoms with Crippen molar-refractivity contribution in [3.63, 3.8) is 0 Å². The minimum Gasteiger partial charge on any atom is -0.326 e. The summed E-state index contributed by atoms with van der Waals surface area (Å²) in [5, 5.41) is 19.9. The molecule has 0 aliphatic rings. The van der Waals surface area contributed by atoms with E-state index in [0.29, 0.717) is 0 Å². The molecule has 2 aromatic carbocycles. The van der Waals surface area contributed by atoms with E-state index in [9.17, 15) is 26.4 Å². The first-order valence-corrected chi connectivity index (χ1v) is 10.6. The van der Waals surface area contributed by atoms with Gasteiger partial charge in [0.2, 0.25) is 15.9 Å². The first-order chi connectivity index (χ1) is 14.9. The van der Waals surface area contributed by atoms with Gasteiger partial charge >= 0.3 is 6.18 Å². The fourth-order valence-electron chi connectivity index (χ4n) is 2.83. The molecule has 0 radical (unpaired) electrons. The summed E-state index contributed by atoms with van der Waals surface area (Å²) in [5.74, 6) is -0.731. The van der Waals surface area contributed by atoms with Gasteiger partial charge in [-0.15, -0.1) is 0 Å². The van der Waals surface area contributed by atoms with Gasteiger partial charge in [-0.05, 0) is 29.8 Å². The standard InChI is InChI=1S/C19H13ClF3N5O3S/c20-18-12(2-1-3-14(18)19(21,22)23)6-17(29)27-13-4-5-15(16(7-13)32(25,30)31)28-10-11(8-24)9-26-28/h1-5,7,9-10H,6H2,(H,27,29)(H2,25,30,31). The third kappa shape index (κ3) is 5.08. The van der Waals surface area contributed by atoms with Gasteiger partial charge in [0, 0.05) is 11.9 Å². The van der Waals surface area contributed by atoms with Crippen LogP contribution in [0.15, 0.2) is 53.7 Å². The lowest BCUT2D eigenvalue weighted by Crippen LogP contribution is -2.18. The Hall–Kier alpha value is -3.40. The molecule has 13 heteroatoms. The van der Waals surface area contributed by atoms with E-state index in [2.05, 4.69) is 10.4 Å². The Bertz CT molecular complexity index is 1350. The summed E-state index contributed by atoms with van der Waals surface area (Å²) in [5.41, 5.74) is -0.878. The van der Waals surface area contributed by atoms with Crippen molar-refractivity contribution in [2.24, 2.45) is 5.14 Å². The molecule has 3 rings (SSSR count). The molecule has 8 nitrogen and oxygen atoms in total. The minimum absolute atomic E-state index is 0.0264. The number of rotatable bonds is 5. The molecule has 0 saturated carbocycles. The van der Waals surface area contributed by atoms with Crippen LogP contribution >= 0.6 is 11.6 Å². The van der Waals surface area contributed by atoms with Crippen LogP contribution in [0.1, 0.15) is 16.7 Å². The van der Waals surface area contributed by atoms with Crippen LogP contribution in [0.2, 0.25) is 5.02 Å². The Morgan fingerprint density at radius 1 is 1.28 bits per heavy atom. The van der Waals surface area contributed by atoms with E-state index in [4.69, 9.17) is 22.0 Å². The monoisotopic (exact) mass is 483 g/mol. The van der Waals surface area contributed by atoms with Gasteiger partial charge in [0.25, 0.3) is 0 Å². The third-order valence-electron chi connectivity index (χ3n) is 4.24. The topological polar surface area (TPSA) is 131 Å². The predicted octanol–water partition coefficient (Wildman–Crippen LogP) is 3.24. The molecule has 0 atom stereocenters. The second-order valence-electron chi connectivity index (χ2n) is 6.51. The summed E-state index contributed by atoms with van der Waals surface area (Å²) < 4.78 is 64.2. The van der Waals surface area contributed by atoms with E-state index in [1.54, 1.807) is 0 Å². The Labute approximate surface area is 185 Å². The molecule has 0 saturated heterocycles.